The summed E-state index contributed by atoms with van der Waals surface area (Å²) in [6.45, 7) is 7.77. The van der Waals surface area contributed by atoms with Crippen LogP contribution >= 0.6 is 0 Å². The van der Waals surface area contributed by atoms with E-state index in [0.717, 1.165) is 6.42 Å². The smallest absolute Gasteiger partial charge is 0.410 e. The van der Waals surface area contributed by atoms with E-state index >= 15 is 0 Å². The number of nitriles is 1. The number of alkyl halides is 1. The minimum Gasteiger partial charge on any atom is -0.474 e. The third kappa shape index (κ3) is 7.35. The standard InChI is InChI=1S/C35H42F3N7O5/c1-20(26-16-21(36)19-44(26)5)47-27-18-28(48-23-11-15-45(22(17-23)10-14-39)33(46)49-34(2,3)4)41-30(40-27)31-42-32(50-43-31)35(12-7-13-35)29-24(37)8-6-9-25(29)38/h6,8-9,18,20-23,26H,7,10-13,15-17,19H2,1-5H3/t20-,21+,22+,23-,26-/m0/s1. The number of likely N-dealkylation sites (N-methyl/N-ethyl adjacent to an activating group) is 1. The highest BCUT2D eigenvalue weighted by Crippen LogP contribution is 2.50. The Bertz CT molecular complexity index is 1720. The molecule has 12 nitrogen and oxygen atoms in total. The molecule has 2 aliphatic heterocycles. The van der Waals surface area contributed by atoms with E-state index in [1.165, 1.54) is 24.3 Å². The Hall–Kier alpha value is -4.45. The number of hydrogen-bond acceptors (Lipinski definition) is 11. The quantitative estimate of drug-likeness (QED) is 0.255. The van der Waals surface area contributed by atoms with Gasteiger partial charge in [0.25, 0.3) is 0 Å². The molecule has 268 valence electrons. The van der Waals surface area contributed by atoms with Crippen LogP contribution in [0.5, 0.6) is 11.8 Å². The lowest BCUT2D eigenvalue weighted by Crippen LogP contribution is -2.50. The van der Waals surface area contributed by atoms with Gasteiger partial charge in [0.05, 0.1) is 30.0 Å². The summed E-state index contributed by atoms with van der Waals surface area (Å²) in [6, 6.07) is 6.73. The van der Waals surface area contributed by atoms with Gasteiger partial charge in [0, 0.05) is 37.5 Å². The van der Waals surface area contributed by atoms with Crippen LogP contribution in [0.15, 0.2) is 28.8 Å². The zero-order valence-electron chi connectivity index (χ0n) is 28.9. The second kappa shape index (κ2) is 14.0. The number of halogens is 3. The summed E-state index contributed by atoms with van der Waals surface area (Å²) in [7, 11) is 1.83. The first kappa shape index (κ1) is 35.4. The summed E-state index contributed by atoms with van der Waals surface area (Å²) >= 11 is 0. The SMILES string of the molecule is C[C@H](Oc1cc(O[C@H]2CCN(C(=O)OC(C)(C)C)[C@H](CC#N)C2)nc(-c2noc(C3(c4c(F)cccc4F)CCC3)n2)n1)[C@@H]1C[C@@H](F)CN1C. The zero-order valence-corrected chi connectivity index (χ0v) is 28.9. The Labute approximate surface area is 288 Å². The minimum atomic E-state index is -1.13. The number of rotatable bonds is 9. The summed E-state index contributed by atoms with van der Waals surface area (Å²) < 4.78 is 67.9. The molecule has 1 aromatic carbocycles. The highest BCUT2D eigenvalue weighted by atomic mass is 19.1. The van der Waals surface area contributed by atoms with Crippen LogP contribution in [0.2, 0.25) is 0 Å². The molecule has 3 fully saturated rings. The van der Waals surface area contributed by atoms with E-state index in [0.29, 0.717) is 45.2 Å². The first-order chi connectivity index (χ1) is 23.8. The highest BCUT2D eigenvalue weighted by molar-refractivity contribution is 5.68. The number of hydrogen-bond donors (Lipinski definition) is 0. The molecule has 5 atom stereocenters. The third-order valence-electron chi connectivity index (χ3n) is 9.67. The second-order valence-electron chi connectivity index (χ2n) is 14.4. The second-order valence-corrected chi connectivity index (χ2v) is 14.4. The number of ether oxygens (including phenoxy) is 3. The van der Waals surface area contributed by atoms with Crippen LogP contribution in [0.1, 0.15) is 84.1 Å². The fraction of sp³-hybridized carbons (Fsp3) is 0.600. The lowest BCUT2D eigenvalue weighted by molar-refractivity contribution is -0.00382. The Kier molecular flexibility index (Phi) is 9.94. The van der Waals surface area contributed by atoms with Gasteiger partial charge in [-0.2, -0.15) is 20.2 Å². The van der Waals surface area contributed by atoms with Crippen LogP contribution in [-0.2, 0) is 10.2 Å². The van der Waals surface area contributed by atoms with Gasteiger partial charge >= 0.3 is 6.09 Å². The number of carbonyl (C=O) groups is 1. The average molecular weight is 698 g/mol. The van der Waals surface area contributed by atoms with Crippen molar-refractivity contribution in [2.24, 2.45) is 0 Å². The van der Waals surface area contributed by atoms with Crippen LogP contribution in [0.25, 0.3) is 11.6 Å². The van der Waals surface area contributed by atoms with Crippen molar-refractivity contribution in [2.75, 3.05) is 20.1 Å². The van der Waals surface area contributed by atoms with Gasteiger partial charge in [0.2, 0.25) is 29.3 Å². The van der Waals surface area contributed by atoms with E-state index < -0.39 is 53.2 Å². The van der Waals surface area contributed by atoms with Crippen molar-refractivity contribution in [3.63, 3.8) is 0 Å². The fourth-order valence-electron chi connectivity index (χ4n) is 7.12. The molecule has 0 unspecified atom stereocenters. The summed E-state index contributed by atoms with van der Waals surface area (Å²) in [5.41, 5.74) is -1.94. The number of likely N-dealkylation sites (tertiary alicyclic amines) is 2. The van der Waals surface area contributed by atoms with Gasteiger partial charge in [0.15, 0.2) is 0 Å². The zero-order chi connectivity index (χ0) is 35.8. The topological polar surface area (TPSA) is 140 Å². The van der Waals surface area contributed by atoms with Crippen molar-refractivity contribution in [2.45, 2.75) is 114 Å². The Morgan fingerprint density at radius 3 is 2.48 bits per heavy atom. The van der Waals surface area contributed by atoms with Gasteiger partial charge in [-0.25, -0.2) is 18.0 Å². The van der Waals surface area contributed by atoms with E-state index in [1.54, 1.807) is 25.7 Å². The molecule has 0 bridgehead atoms. The maximum Gasteiger partial charge on any atom is 0.410 e. The summed E-state index contributed by atoms with van der Waals surface area (Å²) in [5, 5.41) is 13.6. The van der Waals surface area contributed by atoms with E-state index in [-0.39, 0.29) is 47.3 Å². The largest absolute Gasteiger partial charge is 0.474 e. The van der Waals surface area contributed by atoms with E-state index in [1.807, 2.05) is 18.9 Å². The molecule has 0 radical (unpaired) electrons. The molecule has 4 heterocycles. The highest BCUT2D eigenvalue weighted by Gasteiger charge is 2.49. The summed E-state index contributed by atoms with van der Waals surface area (Å²) in [4.78, 5) is 30.0. The molecule has 50 heavy (non-hydrogen) atoms. The van der Waals surface area contributed by atoms with Crippen LogP contribution in [0, 0.1) is 23.0 Å². The molecule has 3 aliphatic rings. The minimum absolute atomic E-state index is 0.00825. The molecule has 1 aliphatic carbocycles. The predicted molar refractivity (Wildman–Crippen MR) is 173 cm³/mol. The molecule has 2 saturated heterocycles. The van der Waals surface area contributed by atoms with Crippen molar-refractivity contribution >= 4 is 6.09 Å². The molecular weight excluding hydrogens is 655 g/mol. The number of amides is 1. The molecule has 15 heteroatoms. The van der Waals surface area contributed by atoms with Crippen molar-refractivity contribution in [1.29, 1.82) is 5.26 Å². The van der Waals surface area contributed by atoms with Crippen molar-refractivity contribution < 1.29 is 36.7 Å². The molecule has 0 spiro atoms. The Balaban J connectivity index is 1.29. The average Bonchev–Trinajstić information content (AvgIpc) is 3.64. The maximum atomic E-state index is 15.0. The fourth-order valence-corrected chi connectivity index (χ4v) is 7.12. The van der Waals surface area contributed by atoms with Crippen molar-refractivity contribution in [1.82, 2.24) is 29.9 Å². The molecule has 3 aromatic rings. The maximum absolute atomic E-state index is 15.0. The summed E-state index contributed by atoms with van der Waals surface area (Å²) in [5.74, 6) is -1.14. The van der Waals surface area contributed by atoms with Crippen LogP contribution in [0.4, 0.5) is 18.0 Å². The van der Waals surface area contributed by atoms with Crippen molar-refractivity contribution in [3.05, 3.63) is 47.4 Å². The van der Waals surface area contributed by atoms with Gasteiger partial charge in [0.1, 0.15) is 35.6 Å². The van der Waals surface area contributed by atoms with Gasteiger partial charge in [-0.1, -0.05) is 17.6 Å². The lowest BCUT2D eigenvalue weighted by Gasteiger charge is -2.39. The lowest BCUT2D eigenvalue weighted by atomic mass is 9.64. The van der Waals surface area contributed by atoms with Crippen LogP contribution in [-0.4, -0.2) is 92.2 Å². The van der Waals surface area contributed by atoms with E-state index in [2.05, 4.69) is 26.2 Å². The first-order valence-electron chi connectivity index (χ1n) is 17.0. The predicted octanol–water partition coefficient (Wildman–Crippen LogP) is 6.14. The number of carbonyl (C=O) groups excluding carboxylic acids is 1. The number of benzene rings is 1. The number of aromatic nitrogens is 4. The van der Waals surface area contributed by atoms with E-state index in [4.69, 9.17) is 18.7 Å². The van der Waals surface area contributed by atoms with Gasteiger partial charge in [-0.15, -0.1) is 0 Å². The number of piperidine rings is 1. The van der Waals surface area contributed by atoms with Gasteiger partial charge < -0.3 is 23.6 Å². The van der Waals surface area contributed by atoms with Gasteiger partial charge in [-0.3, -0.25) is 4.90 Å². The monoisotopic (exact) mass is 697 g/mol. The van der Waals surface area contributed by atoms with Crippen molar-refractivity contribution in [3.8, 4) is 29.5 Å². The molecule has 0 N–H and O–H groups in total. The molecule has 2 aromatic heterocycles. The van der Waals surface area contributed by atoms with E-state index in [9.17, 15) is 23.2 Å². The molecular formula is C35H42F3N7O5. The normalized spacial score (nSPS) is 24.3. The molecule has 6 rings (SSSR count). The summed E-state index contributed by atoms with van der Waals surface area (Å²) in [6.07, 6.45) is 0.345. The Morgan fingerprint density at radius 2 is 1.86 bits per heavy atom. The third-order valence-corrected chi connectivity index (χ3v) is 9.67. The van der Waals surface area contributed by atoms with Gasteiger partial charge in [-0.05, 0) is 66.1 Å². The Morgan fingerprint density at radius 1 is 1.14 bits per heavy atom. The molecule has 1 saturated carbocycles. The van der Waals surface area contributed by atoms with Crippen LogP contribution < -0.4 is 9.47 Å². The number of nitrogens with zero attached hydrogens (tertiary/aromatic N) is 7. The van der Waals surface area contributed by atoms with Crippen LogP contribution in [0.3, 0.4) is 0 Å². The molecule has 1 amide bonds. The first-order valence-corrected chi connectivity index (χ1v) is 17.0.